The molecule has 1 atom stereocenters. The first-order valence-corrected chi connectivity index (χ1v) is 8.94. The molecule has 120 valence electrons. The average Bonchev–Trinajstić information content (AvgIpc) is 2.44. The van der Waals surface area contributed by atoms with E-state index in [4.69, 9.17) is 5.73 Å². The summed E-state index contributed by atoms with van der Waals surface area (Å²) in [5.41, 5.74) is 8.68. The molecular formula is C20H35N. The van der Waals surface area contributed by atoms with Crippen LogP contribution in [0, 0.1) is 5.41 Å². The van der Waals surface area contributed by atoms with E-state index in [1.807, 2.05) is 6.07 Å². The van der Waals surface area contributed by atoms with Gasteiger partial charge in [-0.3, -0.25) is 0 Å². The predicted octanol–water partition coefficient (Wildman–Crippen LogP) is 6.37. The molecule has 0 spiro atoms. The standard InChI is InChI=1S/C20H35N/c1-4-6-8-10-15-20(3,14-9-7-5-2)17-18-12-11-13-19(21)16-18/h11-13,16H,4-10,14-15,17,21H2,1-3H3. The van der Waals surface area contributed by atoms with Crippen LogP contribution in [0.5, 0.6) is 0 Å². The lowest BCUT2D eigenvalue weighted by molar-refractivity contribution is 0.250. The first-order chi connectivity index (χ1) is 10.1. The van der Waals surface area contributed by atoms with E-state index in [2.05, 4.69) is 39.0 Å². The lowest BCUT2D eigenvalue weighted by atomic mass is 9.75. The smallest absolute Gasteiger partial charge is 0.0316 e. The van der Waals surface area contributed by atoms with Gasteiger partial charge in [0.25, 0.3) is 0 Å². The number of hydrogen-bond donors (Lipinski definition) is 1. The van der Waals surface area contributed by atoms with Crippen molar-refractivity contribution in [1.82, 2.24) is 0 Å². The molecule has 0 bridgehead atoms. The molecule has 0 aliphatic heterocycles. The summed E-state index contributed by atoms with van der Waals surface area (Å²) >= 11 is 0. The van der Waals surface area contributed by atoms with Gasteiger partial charge in [0, 0.05) is 5.69 Å². The Morgan fingerprint density at radius 1 is 0.905 bits per heavy atom. The summed E-state index contributed by atoms with van der Waals surface area (Å²) in [6, 6.07) is 8.47. The minimum atomic E-state index is 0.441. The van der Waals surface area contributed by atoms with Crippen molar-refractivity contribution in [1.29, 1.82) is 0 Å². The Hall–Kier alpha value is -0.980. The van der Waals surface area contributed by atoms with Crippen LogP contribution in [0.1, 0.15) is 84.1 Å². The largest absolute Gasteiger partial charge is 0.399 e. The third kappa shape index (κ3) is 7.55. The van der Waals surface area contributed by atoms with Crippen LogP contribution in [0.25, 0.3) is 0 Å². The molecular weight excluding hydrogens is 254 g/mol. The van der Waals surface area contributed by atoms with Gasteiger partial charge in [0.15, 0.2) is 0 Å². The van der Waals surface area contributed by atoms with E-state index in [0.717, 1.165) is 5.69 Å². The van der Waals surface area contributed by atoms with Crippen LogP contribution < -0.4 is 5.73 Å². The summed E-state index contributed by atoms with van der Waals surface area (Å²) in [7, 11) is 0. The number of benzene rings is 1. The number of nitrogens with two attached hydrogens (primary N) is 1. The topological polar surface area (TPSA) is 26.0 Å². The van der Waals surface area contributed by atoms with Gasteiger partial charge in [-0.25, -0.2) is 0 Å². The summed E-state index contributed by atoms with van der Waals surface area (Å²) < 4.78 is 0. The van der Waals surface area contributed by atoms with Crippen molar-refractivity contribution < 1.29 is 0 Å². The Kier molecular flexibility index (Phi) is 8.49. The Labute approximate surface area is 132 Å². The Morgan fingerprint density at radius 2 is 1.52 bits per heavy atom. The lowest BCUT2D eigenvalue weighted by Crippen LogP contribution is -2.20. The van der Waals surface area contributed by atoms with Crippen molar-refractivity contribution in [3.05, 3.63) is 29.8 Å². The Morgan fingerprint density at radius 3 is 2.14 bits per heavy atom. The van der Waals surface area contributed by atoms with Gasteiger partial charge in [0.2, 0.25) is 0 Å². The summed E-state index contributed by atoms with van der Waals surface area (Å²) in [5.74, 6) is 0. The van der Waals surface area contributed by atoms with Gasteiger partial charge in [-0.15, -0.1) is 0 Å². The molecule has 0 saturated heterocycles. The molecule has 0 radical (unpaired) electrons. The van der Waals surface area contributed by atoms with E-state index < -0.39 is 0 Å². The van der Waals surface area contributed by atoms with Crippen molar-refractivity contribution in [3.63, 3.8) is 0 Å². The van der Waals surface area contributed by atoms with Gasteiger partial charge in [0.05, 0.1) is 0 Å². The van der Waals surface area contributed by atoms with Gasteiger partial charge >= 0.3 is 0 Å². The predicted molar refractivity (Wildman–Crippen MR) is 95.6 cm³/mol. The second-order valence-electron chi connectivity index (χ2n) is 7.00. The fourth-order valence-electron chi connectivity index (χ4n) is 3.28. The van der Waals surface area contributed by atoms with Gasteiger partial charge in [-0.2, -0.15) is 0 Å². The Bertz CT molecular complexity index is 385. The highest BCUT2D eigenvalue weighted by Crippen LogP contribution is 2.35. The van der Waals surface area contributed by atoms with Gasteiger partial charge in [-0.05, 0) is 42.4 Å². The highest BCUT2D eigenvalue weighted by Gasteiger charge is 2.23. The first kappa shape index (κ1) is 18.1. The number of unbranched alkanes of at least 4 members (excludes halogenated alkanes) is 5. The zero-order valence-corrected chi connectivity index (χ0v) is 14.5. The van der Waals surface area contributed by atoms with Crippen molar-refractivity contribution in [2.75, 3.05) is 5.73 Å². The van der Waals surface area contributed by atoms with Gasteiger partial charge in [0.1, 0.15) is 0 Å². The minimum Gasteiger partial charge on any atom is -0.399 e. The van der Waals surface area contributed by atoms with Crippen molar-refractivity contribution in [3.8, 4) is 0 Å². The number of hydrogen-bond acceptors (Lipinski definition) is 1. The molecule has 1 rings (SSSR count). The van der Waals surface area contributed by atoms with Gasteiger partial charge in [-0.1, -0.05) is 77.8 Å². The van der Waals surface area contributed by atoms with Crippen molar-refractivity contribution in [2.45, 2.75) is 85.0 Å². The molecule has 1 heteroatoms. The van der Waals surface area contributed by atoms with Crippen molar-refractivity contribution >= 4 is 5.69 Å². The highest BCUT2D eigenvalue weighted by atomic mass is 14.5. The summed E-state index contributed by atoms with van der Waals surface area (Å²) in [6.07, 6.45) is 13.4. The second-order valence-corrected chi connectivity index (χ2v) is 7.00. The molecule has 2 N–H and O–H groups in total. The van der Waals surface area contributed by atoms with E-state index in [9.17, 15) is 0 Å². The van der Waals surface area contributed by atoms with Crippen LogP contribution in [-0.4, -0.2) is 0 Å². The van der Waals surface area contributed by atoms with Gasteiger partial charge < -0.3 is 5.73 Å². The van der Waals surface area contributed by atoms with Crippen LogP contribution in [0.3, 0.4) is 0 Å². The first-order valence-electron chi connectivity index (χ1n) is 8.94. The van der Waals surface area contributed by atoms with Crippen molar-refractivity contribution in [2.24, 2.45) is 5.41 Å². The third-order valence-electron chi connectivity index (χ3n) is 4.60. The molecule has 1 aromatic carbocycles. The molecule has 0 fully saturated rings. The van der Waals surface area contributed by atoms with Crippen LogP contribution in [0.4, 0.5) is 5.69 Å². The zero-order chi connectivity index (χ0) is 15.6. The average molecular weight is 290 g/mol. The normalized spacial score (nSPS) is 14.0. The molecule has 21 heavy (non-hydrogen) atoms. The molecule has 0 saturated carbocycles. The fraction of sp³-hybridized carbons (Fsp3) is 0.700. The molecule has 1 unspecified atom stereocenters. The lowest BCUT2D eigenvalue weighted by Gasteiger charge is -2.30. The van der Waals surface area contributed by atoms with E-state index in [1.54, 1.807) is 0 Å². The zero-order valence-electron chi connectivity index (χ0n) is 14.5. The maximum Gasteiger partial charge on any atom is 0.0316 e. The minimum absolute atomic E-state index is 0.441. The maximum atomic E-state index is 5.94. The number of nitrogen functional groups attached to an aromatic ring is 1. The molecule has 0 aliphatic rings. The number of anilines is 1. The Balaban J connectivity index is 2.61. The maximum absolute atomic E-state index is 5.94. The molecule has 0 aliphatic carbocycles. The summed E-state index contributed by atoms with van der Waals surface area (Å²) in [4.78, 5) is 0. The second kappa shape index (κ2) is 9.87. The molecule has 0 amide bonds. The molecule has 1 nitrogen and oxygen atoms in total. The van der Waals surface area contributed by atoms with E-state index in [1.165, 1.54) is 69.8 Å². The van der Waals surface area contributed by atoms with Crippen LogP contribution in [-0.2, 0) is 6.42 Å². The molecule has 1 aromatic rings. The van der Waals surface area contributed by atoms with E-state index in [0.29, 0.717) is 5.41 Å². The fourth-order valence-corrected chi connectivity index (χ4v) is 3.28. The number of rotatable bonds is 11. The third-order valence-corrected chi connectivity index (χ3v) is 4.60. The van der Waals surface area contributed by atoms with Crippen LogP contribution in [0.15, 0.2) is 24.3 Å². The SMILES string of the molecule is CCCCCCC(C)(CCCCC)Cc1cccc(N)c1. The summed E-state index contributed by atoms with van der Waals surface area (Å²) in [5, 5.41) is 0. The quantitative estimate of drug-likeness (QED) is 0.372. The van der Waals surface area contributed by atoms with E-state index >= 15 is 0 Å². The highest BCUT2D eigenvalue weighted by molar-refractivity contribution is 5.40. The monoisotopic (exact) mass is 289 g/mol. The van der Waals surface area contributed by atoms with E-state index in [-0.39, 0.29) is 0 Å². The summed E-state index contributed by atoms with van der Waals surface area (Å²) in [6.45, 7) is 7.06. The van der Waals surface area contributed by atoms with Crippen LogP contribution >= 0.6 is 0 Å². The van der Waals surface area contributed by atoms with Crippen LogP contribution in [0.2, 0.25) is 0 Å². The molecule has 0 heterocycles. The molecule has 0 aromatic heterocycles.